The molecule has 0 saturated carbocycles. The molecule has 2 rings (SSSR count). The molecular formula is C17H23N3O4S. The van der Waals surface area contributed by atoms with Crippen molar-refractivity contribution >= 4 is 33.4 Å². The number of thiophene rings is 1. The molecule has 1 unspecified atom stereocenters. The summed E-state index contributed by atoms with van der Waals surface area (Å²) >= 11 is 1.47. The third-order valence-electron chi connectivity index (χ3n) is 4.21. The zero-order valence-electron chi connectivity index (χ0n) is 14.6. The molecule has 2 aromatic rings. The van der Waals surface area contributed by atoms with E-state index < -0.39 is 11.9 Å². The summed E-state index contributed by atoms with van der Waals surface area (Å²) in [7, 11) is 0. The zero-order chi connectivity index (χ0) is 18.6. The van der Waals surface area contributed by atoms with E-state index in [2.05, 4.69) is 15.3 Å². The van der Waals surface area contributed by atoms with Crippen molar-refractivity contribution in [2.75, 3.05) is 6.54 Å². The second-order valence-electron chi connectivity index (χ2n) is 6.10. The number of aromatic amines is 1. The van der Waals surface area contributed by atoms with Gasteiger partial charge in [-0.2, -0.15) is 0 Å². The summed E-state index contributed by atoms with van der Waals surface area (Å²) in [6.45, 7) is 5.87. The van der Waals surface area contributed by atoms with Gasteiger partial charge in [0.1, 0.15) is 10.7 Å². The summed E-state index contributed by atoms with van der Waals surface area (Å²) in [5.41, 5.74) is 0.754. The van der Waals surface area contributed by atoms with E-state index in [-0.39, 0.29) is 24.4 Å². The number of nitrogens with zero attached hydrogens (tertiary/aromatic N) is 1. The Morgan fingerprint density at radius 1 is 1.36 bits per heavy atom. The van der Waals surface area contributed by atoms with Crippen LogP contribution in [0.15, 0.2) is 4.79 Å². The van der Waals surface area contributed by atoms with Crippen molar-refractivity contribution < 1.29 is 14.7 Å². The van der Waals surface area contributed by atoms with Gasteiger partial charge in [-0.15, -0.1) is 11.3 Å². The summed E-state index contributed by atoms with van der Waals surface area (Å²) < 4.78 is 0. The molecule has 1 amide bonds. The van der Waals surface area contributed by atoms with E-state index in [1.165, 1.54) is 11.3 Å². The minimum atomic E-state index is -0.901. The first kappa shape index (κ1) is 19.1. The minimum Gasteiger partial charge on any atom is -0.481 e. The molecule has 2 aromatic heterocycles. The highest BCUT2D eigenvalue weighted by atomic mass is 32.1. The second kappa shape index (κ2) is 8.24. The molecule has 0 saturated heterocycles. The fourth-order valence-corrected chi connectivity index (χ4v) is 3.69. The average Bonchev–Trinajstić information content (AvgIpc) is 2.84. The van der Waals surface area contributed by atoms with Gasteiger partial charge in [-0.3, -0.25) is 14.4 Å². The number of aromatic nitrogens is 2. The molecule has 7 nitrogen and oxygen atoms in total. The quantitative estimate of drug-likeness (QED) is 0.663. The van der Waals surface area contributed by atoms with Crippen LogP contribution in [0, 0.1) is 19.8 Å². The molecule has 0 aliphatic rings. The van der Waals surface area contributed by atoms with Crippen LogP contribution < -0.4 is 10.9 Å². The lowest BCUT2D eigenvalue weighted by molar-refractivity contribution is -0.141. The smallest absolute Gasteiger partial charge is 0.308 e. The largest absolute Gasteiger partial charge is 0.481 e. The molecule has 136 valence electrons. The molecule has 0 aliphatic carbocycles. The molecule has 2 heterocycles. The standard InChI is InChI=1S/C17H23N3O4S/c1-4-5-11(17(23)24)8-18-13(21)7-6-12-19-15(22)14-9(2)10(3)25-16(14)20-12/h11H,4-8H2,1-3H3,(H,18,21)(H,23,24)(H,19,20,22). The van der Waals surface area contributed by atoms with Crippen molar-refractivity contribution in [1.29, 1.82) is 0 Å². The average molecular weight is 365 g/mol. The number of rotatable bonds is 8. The molecule has 0 aromatic carbocycles. The fourth-order valence-electron chi connectivity index (χ4n) is 2.64. The Morgan fingerprint density at radius 3 is 2.72 bits per heavy atom. The number of H-pyrrole nitrogens is 1. The Labute approximate surface area is 149 Å². The van der Waals surface area contributed by atoms with Gasteiger partial charge in [0.2, 0.25) is 5.91 Å². The molecule has 25 heavy (non-hydrogen) atoms. The van der Waals surface area contributed by atoms with Crippen molar-refractivity contribution in [3.05, 3.63) is 26.6 Å². The van der Waals surface area contributed by atoms with Gasteiger partial charge in [-0.05, 0) is 25.8 Å². The van der Waals surface area contributed by atoms with Crippen LogP contribution in [-0.2, 0) is 16.0 Å². The summed E-state index contributed by atoms with van der Waals surface area (Å²) in [6.07, 6.45) is 1.73. The van der Waals surface area contributed by atoms with Gasteiger partial charge in [0.25, 0.3) is 5.56 Å². The Kier molecular flexibility index (Phi) is 6.30. The Bertz CT molecular complexity index is 840. The number of amides is 1. The maximum absolute atomic E-state index is 12.2. The number of fused-ring (bicyclic) bond motifs is 1. The molecule has 0 fully saturated rings. The maximum Gasteiger partial charge on any atom is 0.308 e. The second-order valence-corrected chi connectivity index (χ2v) is 7.31. The number of hydrogen-bond acceptors (Lipinski definition) is 5. The van der Waals surface area contributed by atoms with Crippen molar-refractivity contribution in [3.63, 3.8) is 0 Å². The van der Waals surface area contributed by atoms with Crippen LogP contribution in [-0.4, -0.2) is 33.5 Å². The Balaban J connectivity index is 1.97. The maximum atomic E-state index is 12.2. The van der Waals surface area contributed by atoms with E-state index in [0.29, 0.717) is 28.9 Å². The fraction of sp³-hybridized carbons (Fsp3) is 0.529. The third-order valence-corrected chi connectivity index (χ3v) is 5.31. The predicted molar refractivity (Wildman–Crippen MR) is 97.1 cm³/mol. The van der Waals surface area contributed by atoms with Gasteiger partial charge in [0.15, 0.2) is 0 Å². The Morgan fingerprint density at radius 2 is 2.08 bits per heavy atom. The van der Waals surface area contributed by atoms with Crippen LogP contribution in [0.1, 0.15) is 42.5 Å². The molecule has 0 aliphatic heterocycles. The highest BCUT2D eigenvalue weighted by molar-refractivity contribution is 7.18. The molecule has 1 atom stereocenters. The number of aliphatic carboxylic acids is 1. The predicted octanol–water partition coefficient (Wildman–Crippen LogP) is 2.15. The van der Waals surface area contributed by atoms with Gasteiger partial charge in [-0.25, -0.2) is 4.98 Å². The number of aryl methyl sites for hydroxylation is 3. The number of hydrogen-bond donors (Lipinski definition) is 3. The van der Waals surface area contributed by atoms with E-state index in [0.717, 1.165) is 16.9 Å². The van der Waals surface area contributed by atoms with Crippen LogP contribution in [0.25, 0.3) is 10.2 Å². The van der Waals surface area contributed by atoms with Crippen molar-refractivity contribution in [2.24, 2.45) is 5.92 Å². The van der Waals surface area contributed by atoms with E-state index in [4.69, 9.17) is 5.11 Å². The van der Waals surface area contributed by atoms with Gasteiger partial charge < -0.3 is 15.4 Å². The Hall–Kier alpha value is -2.22. The number of carboxylic acids is 1. The van der Waals surface area contributed by atoms with Crippen LogP contribution in [0.5, 0.6) is 0 Å². The van der Waals surface area contributed by atoms with Crippen LogP contribution in [0.3, 0.4) is 0 Å². The summed E-state index contributed by atoms with van der Waals surface area (Å²) in [5.74, 6) is -1.25. The number of nitrogens with one attached hydrogen (secondary N) is 2. The lowest BCUT2D eigenvalue weighted by atomic mass is 10.0. The molecule has 0 radical (unpaired) electrons. The van der Waals surface area contributed by atoms with E-state index in [1.807, 2.05) is 20.8 Å². The molecule has 0 bridgehead atoms. The molecule has 8 heteroatoms. The van der Waals surface area contributed by atoms with Crippen molar-refractivity contribution in [3.8, 4) is 0 Å². The van der Waals surface area contributed by atoms with E-state index in [9.17, 15) is 14.4 Å². The van der Waals surface area contributed by atoms with Crippen molar-refractivity contribution in [2.45, 2.75) is 46.5 Å². The topological polar surface area (TPSA) is 112 Å². The molecular weight excluding hydrogens is 342 g/mol. The monoisotopic (exact) mass is 365 g/mol. The highest BCUT2D eigenvalue weighted by Crippen LogP contribution is 2.25. The first-order chi connectivity index (χ1) is 11.8. The van der Waals surface area contributed by atoms with Gasteiger partial charge >= 0.3 is 5.97 Å². The number of carbonyl (C=O) groups excluding carboxylic acids is 1. The van der Waals surface area contributed by atoms with Crippen LogP contribution >= 0.6 is 11.3 Å². The first-order valence-corrected chi connectivity index (χ1v) is 9.13. The van der Waals surface area contributed by atoms with Crippen LogP contribution in [0.2, 0.25) is 0 Å². The SMILES string of the molecule is CCCC(CNC(=O)CCc1nc2sc(C)c(C)c2c(=O)[nH]1)C(=O)O. The highest BCUT2D eigenvalue weighted by Gasteiger charge is 2.17. The van der Waals surface area contributed by atoms with Crippen LogP contribution in [0.4, 0.5) is 0 Å². The zero-order valence-corrected chi connectivity index (χ0v) is 15.5. The lowest BCUT2D eigenvalue weighted by Crippen LogP contribution is -2.33. The minimum absolute atomic E-state index is 0.119. The van der Waals surface area contributed by atoms with Crippen molar-refractivity contribution in [1.82, 2.24) is 15.3 Å². The van der Waals surface area contributed by atoms with Gasteiger partial charge in [0, 0.05) is 24.3 Å². The summed E-state index contributed by atoms with van der Waals surface area (Å²) in [4.78, 5) is 44.1. The molecule has 0 spiro atoms. The van der Waals surface area contributed by atoms with Gasteiger partial charge in [0.05, 0.1) is 11.3 Å². The summed E-state index contributed by atoms with van der Waals surface area (Å²) in [6, 6.07) is 0. The molecule has 3 N–H and O–H groups in total. The number of carboxylic acid groups (broad SMARTS) is 1. The summed E-state index contributed by atoms with van der Waals surface area (Å²) in [5, 5.41) is 12.3. The first-order valence-electron chi connectivity index (χ1n) is 8.31. The van der Waals surface area contributed by atoms with E-state index >= 15 is 0 Å². The lowest BCUT2D eigenvalue weighted by Gasteiger charge is -2.12. The normalized spacial score (nSPS) is 12.3. The number of carbonyl (C=O) groups is 2. The third kappa shape index (κ3) is 4.66. The van der Waals surface area contributed by atoms with E-state index in [1.54, 1.807) is 0 Å². The van der Waals surface area contributed by atoms with Gasteiger partial charge in [-0.1, -0.05) is 13.3 Å².